The summed E-state index contributed by atoms with van der Waals surface area (Å²) in [6.45, 7) is 0.0310. The zero-order chi connectivity index (χ0) is 11.8. The molecule has 0 aliphatic heterocycles. The number of aliphatic hydroxyl groups is 1. The maximum atomic E-state index is 12.3. The van der Waals surface area contributed by atoms with Crippen LogP contribution >= 0.6 is 0 Å². The average molecular weight is 226 g/mol. The summed E-state index contributed by atoms with van der Waals surface area (Å²) in [6.07, 6.45) is 7.04. The van der Waals surface area contributed by atoms with Gasteiger partial charge in [0, 0.05) is 11.1 Å². The van der Waals surface area contributed by atoms with Crippen LogP contribution in [0.5, 0.6) is 0 Å². The number of Topliss-reactive ketones (excluding diaryl/α,β-unsaturated/α-hetero) is 1. The molecular formula is C15H14O2. The Morgan fingerprint density at radius 2 is 2.00 bits per heavy atom. The Bertz CT molecular complexity index is 550. The van der Waals surface area contributed by atoms with Crippen molar-refractivity contribution >= 4 is 5.78 Å². The minimum atomic E-state index is 0.0310. The number of aliphatic hydroxyl groups excluding tert-OH is 1. The summed E-state index contributed by atoms with van der Waals surface area (Å²) in [5.41, 5.74) is 4.77. The molecule has 0 saturated heterocycles. The summed E-state index contributed by atoms with van der Waals surface area (Å²) in [5.74, 6) is 0.140. The molecule has 2 nitrogen and oxygen atoms in total. The van der Waals surface area contributed by atoms with Crippen LogP contribution in [-0.4, -0.2) is 10.9 Å². The molecule has 86 valence electrons. The van der Waals surface area contributed by atoms with E-state index in [1.54, 1.807) is 0 Å². The fourth-order valence-electron chi connectivity index (χ4n) is 2.60. The topological polar surface area (TPSA) is 37.3 Å². The molecule has 0 aromatic heterocycles. The van der Waals surface area contributed by atoms with Crippen molar-refractivity contribution in [3.63, 3.8) is 0 Å². The van der Waals surface area contributed by atoms with Crippen molar-refractivity contribution in [2.45, 2.75) is 25.9 Å². The van der Waals surface area contributed by atoms with Gasteiger partial charge in [-0.05, 0) is 36.0 Å². The number of fused-ring (bicyclic) bond motifs is 2. The fraction of sp³-hybridized carbons (Fsp3) is 0.267. The van der Waals surface area contributed by atoms with Crippen LogP contribution in [0.1, 0.15) is 34.3 Å². The van der Waals surface area contributed by atoms with Crippen molar-refractivity contribution in [1.82, 2.24) is 0 Å². The molecule has 2 aliphatic rings. The van der Waals surface area contributed by atoms with Gasteiger partial charge < -0.3 is 5.11 Å². The monoisotopic (exact) mass is 226 g/mol. The molecule has 0 unspecified atom stereocenters. The molecule has 3 rings (SSSR count). The molecular weight excluding hydrogens is 212 g/mol. The van der Waals surface area contributed by atoms with E-state index in [1.165, 1.54) is 0 Å². The van der Waals surface area contributed by atoms with Crippen molar-refractivity contribution in [2.75, 3.05) is 0 Å². The Balaban J connectivity index is 2.12. The molecule has 0 bridgehead atoms. The molecule has 1 aromatic rings. The first-order valence-electron chi connectivity index (χ1n) is 5.96. The minimum absolute atomic E-state index is 0.0310. The van der Waals surface area contributed by atoms with Gasteiger partial charge in [0.1, 0.15) is 0 Å². The minimum Gasteiger partial charge on any atom is -0.392 e. The summed E-state index contributed by atoms with van der Waals surface area (Å²) >= 11 is 0. The molecule has 0 heterocycles. The van der Waals surface area contributed by atoms with Gasteiger partial charge in [0.2, 0.25) is 0 Å². The Hall–Kier alpha value is -1.67. The van der Waals surface area contributed by atoms with Crippen LogP contribution in [0.4, 0.5) is 0 Å². The van der Waals surface area contributed by atoms with Crippen molar-refractivity contribution in [2.24, 2.45) is 0 Å². The van der Waals surface area contributed by atoms with Crippen molar-refractivity contribution in [3.05, 3.63) is 58.2 Å². The zero-order valence-corrected chi connectivity index (χ0v) is 9.57. The van der Waals surface area contributed by atoms with E-state index in [4.69, 9.17) is 5.11 Å². The van der Waals surface area contributed by atoms with Gasteiger partial charge in [-0.1, -0.05) is 30.4 Å². The van der Waals surface area contributed by atoms with Crippen LogP contribution in [-0.2, 0) is 13.0 Å². The molecule has 2 heteroatoms. The van der Waals surface area contributed by atoms with Crippen molar-refractivity contribution < 1.29 is 9.90 Å². The predicted molar refractivity (Wildman–Crippen MR) is 65.8 cm³/mol. The molecule has 0 amide bonds. The van der Waals surface area contributed by atoms with Crippen molar-refractivity contribution in [1.29, 1.82) is 0 Å². The van der Waals surface area contributed by atoms with Gasteiger partial charge >= 0.3 is 0 Å². The number of hydrogen-bond donors (Lipinski definition) is 1. The van der Waals surface area contributed by atoms with E-state index in [-0.39, 0.29) is 12.4 Å². The van der Waals surface area contributed by atoms with Gasteiger partial charge in [-0.25, -0.2) is 0 Å². The van der Waals surface area contributed by atoms with E-state index in [9.17, 15) is 4.79 Å². The van der Waals surface area contributed by atoms with Crippen LogP contribution in [0.15, 0.2) is 41.5 Å². The molecule has 0 radical (unpaired) electrons. The van der Waals surface area contributed by atoms with E-state index in [0.29, 0.717) is 0 Å². The average Bonchev–Trinajstić information content (AvgIpc) is 2.38. The third kappa shape index (κ3) is 1.65. The van der Waals surface area contributed by atoms with Crippen molar-refractivity contribution in [3.8, 4) is 0 Å². The van der Waals surface area contributed by atoms with Crippen LogP contribution in [0.25, 0.3) is 0 Å². The molecule has 1 aromatic carbocycles. The van der Waals surface area contributed by atoms with Gasteiger partial charge in [-0.2, -0.15) is 0 Å². The Labute approximate surface area is 100 Å². The first-order valence-corrected chi connectivity index (χ1v) is 5.96. The summed E-state index contributed by atoms with van der Waals surface area (Å²) in [5, 5.41) is 9.13. The molecule has 2 aliphatic carbocycles. The number of carbonyl (C=O) groups is 1. The third-order valence-corrected chi connectivity index (χ3v) is 3.47. The van der Waals surface area contributed by atoms with E-state index >= 15 is 0 Å². The second-order valence-electron chi connectivity index (χ2n) is 4.58. The van der Waals surface area contributed by atoms with Crippen LogP contribution < -0.4 is 0 Å². The molecule has 0 saturated carbocycles. The van der Waals surface area contributed by atoms with Gasteiger partial charge in [-0.3, -0.25) is 4.79 Å². The molecule has 1 N–H and O–H groups in total. The number of carbonyl (C=O) groups excluding carboxylic acids is 1. The first-order chi connectivity index (χ1) is 8.29. The van der Waals surface area contributed by atoms with Gasteiger partial charge in [-0.15, -0.1) is 0 Å². The number of benzene rings is 1. The fourth-order valence-corrected chi connectivity index (χ4v) is 2.60. The Morgan fingerprint density at radius 1 is 1.18 bits per heavy atom. The van der Waals surface area contributed by atoms with Crippen LogP contribution in [0.3, 0.4) is 0 Å². The van der Waals surface area contributed by atoms with E-state index < -0.39 is 0 Å². The lowest BCUT2D eigenvalue weighted by Gasteiger charge is -2.23. The van der Waals surface area contributed by atoms with E-state index in [2.05, 4.69) is 12.2 Å². The lowest BCUT2D eigenvalue weighted by molar-refractivity contribution is 0.103. The molecule has 0 atom stereocenters. The number of rotatable bonds is 1. The van der Waals surface area contributed by atoms with Gasteiger partial charge in [0.25, 0.3) is 0 Å². The molecule has 17 heavy (non-hydrogen) atoms. The lowest BCUT2D eigenvalue weighted by atomic mass is 9.80. The largest absolute Gasteiger partial charge is 0.392 e. The standard InChI is InChI=1S/C15H14O2/c16-9-10-5-6-14-12(7-10)8-11-3-1-2-4-13(11)15(14)17/h3-7,16H,1-2,8-9H2. The number of allylic oxidation sites excluding steroid dienone is 4. The normalized spacial score (nSPS) is 18.1. The predicted octanol–water partition coefficient (Wildman–Crippen LogP) is 2.56. The quantitative estimate of drug-likeness (QED) is 0.799. The summed E-state index contributed by atoms with van der Waals surface area (Å²) < 4.78 is 0. The maximum Gasteiger partial charge on any atom is 0.193 e. The highest BCUT2D eigenvalue weighted by Gasteiger charge is 2.26. The molecule has 0 spiro atoms. The third-order valence-electron chi connectivity index (χ3n) is 3.47. The number of ketones is 1. The highest BCUT2D eigenvalue weighted by molar-refractivity contribution is 6.14. The summed E-state index contributed by atoms with van der Waals surface area (Å²) in [4.78, 5) is 12.3. The van der Waals surface area contributed by atoms with Gasteiger partial charge in [0.15, 0.2) is 5.78 Å². The molecule has 0 fully saturated rings. The summed E-state index contributed by atoms with van der Waals surface area (Å²) in [7, 11) is 0. The van der Waals surface area contributed by atoms with Crippen LogP contribution in [0, 0.1) is 0 Å². The van der Waals surface area contributed by atoms with E-state index in [1.807, 2.05) is 18.2 Å². The van der Waals surface area contributed by atoms with Crippen LogP contribution in [0.2, 0.25) is 0 Å². The van der Waals surface area contributed by atoms with Gasteiger partial charge in [0.05, 0.1) is 6.61 Å². The summed E-state index contributed by atoms with van der Waals surface area (Å²) in [6, 6.07) is 5.61. The SMILES string of the molecule is O=C1C2=CCCC=C2Cc2cc(CO)ccc21. The second kappa shape index (κ2) is 3.97. The Morgan fingerprint density at radius 3 is 2.82 bits per heavy atom. The number of hydrogen-bond acceptors (Lipinski definition) is 2. The second-order valence-corrected chi connectivity index (χ2v) is 4.58. The first kappa shape index (κ1) is 10.5. The van der Waals surface area contributed by atoms with E-state index in [0.717, 1.165) is 47.1 Å². The highest BCUT2D eigenvalue weighted by Crippen LogP contribution is 2.32. The highest BCUT2D eigenvalue weighted by atomic mass is 16.3. The zero-order valence-electron chi connectivity index (χ0n) is 9.57. The Kier molecular flexibility index (Phi) is 2.45. The smallest absolute Gasteiger partial charge is 0.193 e. The lowest BCUT2D eigenvalue weighted by Crippen LogP contribution is -2.18. The maximum absolute atomic E-state index is 12.3.